The van der Waals surface area contributed by atoms with Crippen LogP contribution in [0, 0.1) is 24.7 Å². The van der Waals surface area contributed by atoms with Crippen molar-refractivity contribution < 1.29 is 0 Å². The highest BCUT2D eigenvalue weighted by Crippen LogP contribution is 2.32. The molecule has 0 aliphatic heterocycles. The van der Waals surface area contributed by atoms with E-state index in [1.807, 2.05) is 0 Å². The van der Waals surface area contributed by atoms with Crippen molar-refractivity contribution in [3.63, 3.8) is 0 Å². The molecule has 0 nitrogen and oxygen atoms in total. The zero-order valence-electron chi connectivity index (χ0n) is 14.4. The highest BCUT2D eigenvalue weighted by atomic mass is 14.3. The minimum Gasteiger partial charge on any atom is -0.0625 e. The molecule has 0 unspecified atom stereocenters. The molecule has 1 fully saturated rings. The first-order chi connectivity index (χ1) is 9.40. The number of rotatable bonds is 2. The summed E-state index contributed by atoms with van der Waals surface area (Å²) in [4.78, 5) is 0. The lowest BCUT2D eigenvalue weighted by Crippen LogP contribution is -2.16. The number of hydrogen-bond donors (Lipinski definition) is 0. The van der Waals surface area contributed by atoms with Gasteiger partial charge in [-0.2, -0.15) is 0 Å². The number of benzene rings is 1. The van der Waals surface area contributed by atoms with E-state index in [1.54, 1.807) is 0 Å². The Morgan fingerprint density at radius 2 is 1.35 bits per heavy atom. The molecule has 2 rings (SSSR count). The standard InChI is InChI=1S/C10H20.C10H14/c2*1-8(2)10-6-4-9(3)5-7-10/h8-10H,4-7H2,1-3H3;4-8H,1-3H3. The Morgan fingerprint density at radius 1 is 0.850 bits per heavy atom. The first-order valence-corrected chi connectivity index (χ1v) is 8.46. The van der Waals surface area contributed by atoms with E-state index in [9.17, 15) is 0 Å². The van der Waals surface area contributed by atoms with Crippen molar-refractivity contribution in [3.05, 3.63) is 35.4 Å². The van der Waals surface area contributed by atoms with Gasteiger partial charge in [0.25, 0.3) is 0 Å². The maximum atomic E-state index is 2.39. The van der Waals surface area contributed by atoms with Crippen molar-refractivity contribution in [1.82, 2.24) is 0 Å². The van der Waals surface area contributed by atoms with Crippen LogP contribution in [-0.4, -0.2) is 0 Å². The topological polar surface area (TPSA) is 0 Å². The van der Waals surface area contributed by atoms with Crippen molar-refractivity contribution in [1.29, 1.82) is 0 Å². The van der Waals surface area contributed by atoms with Crippen molar-refractivity contribution in [2.24, 2.45) is 17.8 Å². The molecule has 0 heteroatoms. The molecule has 0 amide bonds. The van der Waals surface area contributed by atoms with Gasteiger partial charge in [0.15, 0.2) is 0 Å². The van der Waals surface area contributed by atoms with Gasteiger partial charge < -0.3 is 0 Å². The molecule has 0 aromatic heterocycles. The van der Waals surface area contributed by atoms with Crippen LogP contribution in [0.1, 0.15) is 77.3 Å². The van der Waals surface area contributed by atoms with E-state index in [0.29, 0.717) is 5.92 Å². The summed E-state index contributed by atoms with van der Waals surface area (Å²) >= 11 is 0. The monoisotopic (exact) mass is 274 g/mol. The van der Waals surface area contributed by atoms with E-state index in [0.717, 1.165) is 17.8 Å². The van der Waals surface area contributed by atoms with Crippen LogP contribution in [0.15, 0.2) is 24.3 Å². The van der Waals surface area contributed by atoms with E-state index >= 15 is 0 Å². The first-order valence-electron chi connectivity index (χ1n) is 8.46. The fourth-order valence-electron chi connectivity index (χ4n) is 2.90. The van der Waals surface area contributed by atoms with Gasteiger partial charge in [0.1, 0.15) is 0 Å². The van der Waals surface area contributed by atoms with Crippen LogP contribution < -0.4 is 0 Å². The highest BCUT2D eigenvalue weighted by molar-refractivity contribution is 5.23. The molecule has 0 atom stereocenters. The van der Waals surface area contributed by atoms with Crippen LogP contribution in [0.2, 0.25) is 0 Å². The average molecular weight is 274 g/mol. The van der Waals surface area contributed by atoms with Crippen LogP contribution in [0.3, 0.4) is 0 Å². The minimum absolute atomic E-state index is 0.653. The Bertz CT molecular complexity index is 350. The van der Waals surface area contributed by atoms with Gasteiger partial charge in [-0.15, -0.1) is 0 Å². The molecule has 1 aliphatic rings. The van der Waals surface area contributed by atoms with Gasteiger partial charge in [0.05, 0.1) is 0 Å². The van der Waals surface area contributed by atoms with E-state index in [4.69, 9.17) is 0 Å². The second-order valence-corrected chi connectivity index (χ2v) is 7.33. The molecule has 0 radical (unpaired) electrons. The number of hydrogen-bond acceptors (Lipinski definition) is 0. The summed E-state index contributed by atoms with van der Waals surface area (Å²) in [5.41, 5.74) is 2.76. The van der Waals surface area contributed by atoms with Crippen molar-refractivity contribution >= 4 is 0 Å². The quantitative estimate of drug-likeness (QED) is 0.571. The molecule has 20 heavy (non-hydrogen) atoms. The lowest BCUT2D eigenvalue weighted by molar-refractivity contribution is 0.234. The first kappa shape index (κ1) is 17.3. The summed E-state index contributed by atoms with van der Waals surface area (Å²) in [6.07, 6.45) is 5.92. The summed E-state index contributed by atoms with van der Waals surface area (Å²) in [7, 11) is 0. The zero-order chi connectivity index (χ0) is 15.1. The molecule has 0 N–H and O–H groups in total. The summed E-state index contributed by atoms with van der Waals surface area (Å²) in [5.74, 6) is 3.62. The lowest BCUT2D eigenvalue weighted by Gasteiger charge is -2.28. The fraction of sp³-hybridized carbons (Fsp3) is 0.700. The summed E-state index contributed by atoms with van der Waals surface area (Å²) in [6, 6.07) is 8.71. The Morgan fingerprint density at radius 3 is 1.75 bits per heavy atom. The normalized spacial score (nSPS) is 22.6. The Kier molecular flexibility index (Phi) is 7.34. The van der Waals surface area contributed by atoms with Crippen molar-refractivity contribution in [3.8, 4) is 0 Å². The van der Waals surface area contributed by atoms with E-state index in [-0.39, 0.29) is 0 Å². The molecule has 1 saturated carbocycles. The molecule has 0 spiro atoms. The Labute approximate surface area is 127 Å². The van der Waals surface area contributed by atoms with Gasteiger partial charge in [-0.25, -0.2) is 0 Å². The van der Waals surface area contributed by atoms with Crippen LogP contribution in [-0.2, 0) is 0 Å². The Hall–Kier alpha value is -0.780. The third-order valence-electron chi connectivity index (χ3n) is 4.75. The van der Waals surface area contributed by atoms with Crippen LogP contribution in [0.5, 0.6) is 0 Å². The van der Waals surface area contributed by atoms with Gasteiger partial charge in [-0.1, -0.05) is 77.3 Å². The predicted molar refractivity (Wildman–Crippen MR) is 91.2 cm³/mol. The van der Waals surface area contributed by atoms with Crippen molar-refractivity contribution in [2.75, 3.05) is 0 Å². The minimum atomic E-state index is 0.653. The molecule has 0 saturated heterocycles. The highest BCUT2D eigenvalue weighted by Gasteiger charge is 2.20. The maximum absolute atomic E-state index is 2.39. The van der Waals surface area contributed by atoms with Gasteiger partial charge in [0, 0.05) is 0 Å². The van der Waals surface area contributed by atoms with E-state index in [1.165, 1.54) is 36.8 Å². The third kappa shape index (κ3) is 6.11. The smallest absolute Gasteiger partial charge is 0.0219 e. The molecule has 0 heterocycles. The molecule has 1 aliphatic carbocycles. The lowest BCUT2D eigenvalue weighted by atomic mass is 9.78. The largest absolute Gasteiger partial charge is 0.0625 e. The predicted octanol–water partition coefficient (Wildman–Crippen LogP) is 6.59. The van der Waals surface area contributed by atoms with Crippen LogP contribution in [0.4, 0.5) is 0 Å². The van der Waals surface area contributed by atoms with Gasteiger partial charge >= 0.3 is 0 Å². The maximum Gasteiger partial charge on any atom is -0.0219 e. The third-order valence-corrected chi connectivity index (χ3v) is 4.75. The van der Waals surface area contributed by atoms with E-state index in [2.05, 4.69) is 65.8 Å². The molecule has 0 bridgehead atoms. The molecule has 1 aromatic carbocycles. The van der Waals surface area contributed by atoms with Gasteiger partial charge in [0.2, 0.25) is 0 Å². The second kappa shape index (κ2) is 8.49. The zero-order valence-corrected chi connectivity index (χ0v) is 14.4. The van der Waals surface area contributed by atoms with Gasteiger partial charge in [-0.3, -0.25) is 0 Å². The fourth-order valence-corrected chi connectivity index (χ4v) is 2.90. The summed E-state index contributed by atoms with van der Waals surface area (Å²) in [6.45, 7) is 13.7. The van der Waals surface area contributed by atoms with Gasteiger partial charge in [-0.05, 0) is 49.0 Å². The average Bonchev–Trinajstić information content (AvgIpc) is 2.40. The SMILES string of the molecule is CC1CCC(C(C)C)CC1.Cc1ccc(C(C)C)cc1. The van der Waals surface area contributed by atoms with Crippen LogP contribution in [0.25, 0.3) is 0 Å². The molecule has 1 aromatic rings. The second-order valence-electron chi connectivity index (χ2n) is 7.33. The molecule has 114 valence electrons. The summed E-state index contributed by atoms with van der Waals surface area (Å²) in [5, 5.41) is 0. The summed E-state index contributed by atoms with van der Waals surface area (Å²) < 4.78 is 0. The number of aryl methyl sites for hydroxylation is 1. The van der Waals surface area contributed by atoms with Crippen LogP contribution >= 0.6 is 0 Å². The molecular formula is C20H34. The van der Waals surface area contributed by atoms with Crippen molar-refractivity contribution in [2.45, 2.75) is 73.1 Å². The Balaban J connectivity index is 0.000000200. The van der Waals surface area contributed by atoms with E-state index < -0.39 is 0 Å². The molecular weight excluding hydrogens is 240 g/mol.